The summed E-state index contributed by atoms with van der Waals surface area (Å²) >= 11 is 0. The fourth-order valence-corrected chi connectivity index (χ4v) is 2.82. The lowest BCUT2D eigenvalue weighted by molar-refractivity contribution is -0.131. The van der Waals surface area contributed by atoms with Crippen LogP contribution >= 0.6 is 0 Å². The molecule has 0 aromatic heterocycles. The third-order valence-corrected chi connectivity index (χ3v) is 3.95. The Labute approximate surface area is 114 Å². The molecule has 0 heterocycles. The maximum absolute atomic E-state index is 12.0. The second-order valence-electron chi connectivity index (χ2n) is 5.40. The molecule has 1 aromatic rings. The number of ketones is 1. The smallest absolute Gasteiger partial charge is 0.141 e. The van der Waals surface area contributed by atoms with E-state index < -0.39 is 18.1 Å². The number of hydrogen-bond acceptors (Lipinski definition) is 3. The van der Waals surface area contributed by atoms with E-state index in [4.69, 9.17) is 0 Å². The molecule has 19 heavy (non-hydrogen) atoms. The van der Waals surface area contributed by atoms with Crippen LogP contribution < -0.4 is 0 Å². The average Bonchev–Trinajstić information content (AvgIpc) is 2.58. The molecule has 0 unspecified atom stereocenters. The Balaban J connectivity index is 1.94. The van der Waals surface area contributed by atoms with E-state index >= 15 is 0 Å². The predicted molar refractivity (Wildman–Crippen MR) is 73.7 cm³/mol. The zero-order valence-electron chi connectivity index (χ0n) is 11.2. The van der Waals surface area contributed by atoms with Crippen molar-refractivity contribution in [2.45, 2.75) is 50.7 Å². The highest BCUT2D eigenvalue weighted by molar-refractivity contribution is 5.82. The van der Waals surface area contributed by atoms with E-state index in [2.05, 4.69) is 0 Å². The quantitative estimate of drug-likeness (QED) is 0.817. The molecule has 104 valence electrons. The number of carbonyl (C=O) groups excluding carboxylic acids is 1. The van der Waals surface area contributed by atoms with Gasteiger partial charge in [0.25, 0.3) is 0 Å². The molecule has 3 atom stereocenters. The van der Waals surface area contributed by atoms with Crippen molar-refractivity contribution in [1.29, 1.82) is 0 Å². The molecule has 1 saturated carbocycles. The summed E-state index contributed by atoms with van der Waals surface area (Å²) in [5.41, 5.74) is 1.15. The summed E-state index contributed by atoms with van der Waals surface area (Å²) in [4.78, 5) is 12.0. The SMILES string of the molecule is O=C1CCCC[C@@H](O)[C@H]1[C@H](O)CCc1ccccc1. The second-order valence-corrected chi connectivity index (χ2v) is 5.40. The van der Waals surface area contributed by atoms with Gasteiger partial charge in [0, 0.05) is 6.42 Å². The van der Waals surface area contributed by atoms with Gasteiger partial charge in [0.15, 0.2) is 0 Å². The molecule has 0 spiro atoms. The lowest BCUT2D eigenvalue weighted by atomic mass is 9.87. The van der Waals surface area contributed by atoms with Crippen molar-refractivity contribution < 1.29 is 15.0 Å². The van der Waals surface area contributed by atoms with Gasteiger partial charge in [-0.05, 0) is 31.2 Å². The Bertz CT molecular complexity index is 402. The number of hydrogen-bond donors (Lipinski definition) is 2. The molecule has 0 amide bonds. The molecule has 2 rings (SSSR count). The van der Waals surface area contributed by atoms with Crippen LogP contribution in [0.2, 0.25) is 0 Å². The van der Waals surface area contributed by atoms with E-state index in [0.29, 0.717) is 19.3 Å². The van der Waals surface area contributed by atoms with Crippen molar-refractivity contribution >= 4 is 5.78 Å². The van der Waals surface area contributed by atoms with Gasteiger partial charge in [-0.1, -0.05) is 36.8 Å². The highest BCUT2D eigenvalue weighted by Crippen LogP contribution is 2.25. The number of benzene rings is 1. The first-order valence-electron chi connectivity index (χ1n) is 7.11. The van der Waals surface area contributed by atoms with Gasteiger partial charge in [0.2, 0.25) is 0 Å². The number of aliphatic hydroxyl groups is 2. The number of rotatable bonds is 4. The van der Waals surface area contributed by atoms with Crippen LogP contribution in [0.3, 0.4) is 0 Å². The van der Waals surface area contributed by atoms with Crippen LogP contribution in [-0.2, 0) is 11.2 Å². The summed E-state index contributed by atoms with van der Waals surface area (Å²) in [6, 6.07) is 9.91. The van der Waals surface area contributed by atoms with Crippen LogP contribution in [0.15, 0.2) is 30.3 Å². The molecule has 1 aromatic carbocycles. The van der Waals surface area contributed by atoms with Crippen LogP contribution in [-0.4, -0.2) is 28.2 Å². The van der Waals surface area contributed by atoms with Crippen LogP contribution in [0.4, 0.5) is 0 Å². The molecule has 3 nitrogen and oxygen atoms in total. The van der Waals surface area contributed by atoms with Gasteiger partial charge in [-0.3, -0.25) is 4.79 Å². The van der Waals surface area contributed by atoms with Gasteiger partial charge in [-0.15, -0.1) is 0 Å². The molecule has 0 aliphatic heterocycles. The van der Waals surface area contributed by atoms with E-state index in [1.807, 2.05) is 30.3 Å². The zero-order valence-corrected chi connectivity index (χ0v) is 11.2. The fourth-order valence-electron chi connectivity index (χ4n) is 2.82. The molecule has 3 heteroatoms. The summed E-state index contributed by atoms with van der Waals surface area (Å²) in [5, 5.41) is 20.2. The van der Waals surface area contributed by atoms with Crippen molar-refractivity contribution in [3.63, 3.8) is 0 Å². The monoisotopic (exact) mass is 262 g/mol. The maximum atomic E-state index is 12.0. The number of aryl methyl sites for hydroxylation is 1. The Morgan fingerprint density at radius 2 is 1.95 bits per heavy atom. The molecule has 1 aliphatic carbocycles. The number of Topliss-reactive ketones (excluding diaryl/α,β-unsaturated/α-hetero) is 1. The van der Waals surface area contributed by atoms with Gasteiger partial charge in [0.05, 0.1) is 18.1 Å². The van der Waals surface area contributed by atoms with E-state index in [9.17, 15) is 15.0 Å². The third kappa shape index (κ3) is 3.88. The van der Waals surface area contributed by atoms with Crippen molar-refractivity contribution in [3.05, 3.63) is 35.9 Å². The summed E-state index contributed by atoms with van der Waals surface area (Å²) < 4.78 is 0. The van der Waals surface area contributed by atoms with Crippen molar-refractivity contribution in [2.24, 2.45) is 5.92 Å². The van der Waals surface area contributed by atoms with Gasteiger partial charge in [-0.25, -0.2) is 0 Å². The van der Waals surface area contributed by atoms with E-state index in [-0.39, 0.29) is 5.78 Å². The van der Waals surface area contributed by atoms with Gasteiger partial charge in [-0.2, -0.15) is 0 Å². The predicted octanol–water partition coefficient (Wildman–Crippen LogP) is 2.10. The Morgan fingerprint density at radius 3 is 2.68 bits per heavy atom. The molecular weight excluding hydrogens is 240 g/mol. The lowest BCUT2D eigenvalue weighted by Gasteiger charge is -2.24. The summed E-state index contributed by atoms with van der Waals surface area (Å²) in [6.07, 6.45) is 2.66. The molecule has 1 aliphatic rings. The van der Waals surface area contributed by atoms with Gasteiger partial charge >= 0.3 is 0 Å². The molecule has 2 N–H and O–H groups in total. The summed E-state index contributed by atoms with van der Waals surface area (Å²) in [7, 11) is 0. The number of carbonyl (C=O) groups is 1. The minimum atomic E-state index is -0.735. The first-order valence-corrected chi connectivity index (χ1v) is 7.11. The molecule has 1 fully saturated rings. The second kappa shape index (κ2) is 6.83. The van der Waals surface area contributed by atoms with Gasteiger partial charge in [0.1, 0.15) is 5.78 Å². The fraction of sp³-hybridized carbons (Fsp3) is 0.562. The Morgan fingerprint density at radius 1 is 1.21 bits per heavy atom. The zero-order chi connectivity index (χ0) is 13.7. The average molecular weight is 262 g/mol. The molecular formula is C16H22O3. The summed E-state index contributed by atoms with van der Waals surface area (Å²) in [6.45, 7) is 0. The normalized spacial score (nSPS) is 25.9. The maximum Gasteiger partial charge on any atom is 0.141 e. The van der Waals surface area contributed by atoms with Crippen molar-refractivity contribution in [3.8, 4) is 0 Å². The molecule has 0 saturated heterocycles. The Kier molecular flexibility index (Phi) is 5.11. The van der Waals surface area contributed by atoms with Crippen molar-refractivity contribution in [1.82, 2.24) is 0 Å². The number of aliphatic hydroxyl groups excluding tert-OH is 2. The minimum Gasteiger partial charge on any atom is -0.392 e. The van der Waals surface area contributed by atoms with Gasteiger partial charge < -0.3 is 10.2 Å². The third-order valence-electron chi connectivity index (χ3n) is 3.95. The highest BCUT2D eigenvalue weighted by atomic mass is 16.3. The van der Waals surface area contributed by atoms with Crippen LogP contribution in [0.25, 0.3) is 0 Å². The lowest BCUT2D eigenvalue weighted by Crippen LogP contribution is -2.37. The van der Waals surface area contributed by atoms with Crippen molar-refractivity contribution in [2.75, 3.05) is 0 Å². The Hall–Kier alpha value is -1.19. The van der Waals surface area contributed by atoms with E-state index in [1.54, 1.807) is 0 Å². The van der Waals surface area contributed by atoms with E-state index in [0.717, 1.165) is 24.8 Å². The van der Waals surface area contributed by atoms with Crippen LogP contribution in [0, 0.1) is 5.92 Å². The summed E-state index contributed by atoms with van der Waals surface area (Å²) in [5.74, 6) is -0.572. The van der Waals surface area contributed by atoms with Crippen LogP contribution in [0.5, 0.6) is 0 Å². The van der Waals surface area contributed by atoms with Crippen LogP contribution in [0.1, 0.15) is 37.7 Å². The molecule has 0 radical (unpaired) electrons. The minimum absolute atomic E-state index is 0.0190. The first-order chi connectivity index (χ1) is 9.18. The standard InChI is InChI=1S/C16H22O3/c17-13-8-4-5-9-14(18)16(13)15(19)11-10-12-6-2-1-3-7-12/h1-3,6-7,13,15-17,19H,4-5,8-11H2/t13-,15-,16-/m1/s1. The first kappa shape index (κ1) is 14.2. The van der Waals surface area contributed by atoms with E-state index in [1.165, 1.54) is 0 Å². The highest BCUT2D eigenvalue weighted by Gasteiger charge is 2.34. The molecule has 0 bridgehead atoms. The topological polar surface area (TPSA) is 57.5 Å². The largest absolute Gasteiger partial charge is 0.392 e.